The molecule has 1 N–H and O–H groups in total. The summed E-state index contributed by atoms with van der Waals surface area (Å²) in [7, 11) is 0. The van der Waals surface area contributed by atoms with Gasteiger partial charge in [0.15, 0.2) is 0 Å². The quantitative estimate of drug-likeness (QED) is 0.733. The predicted molar refractivity (Wildman–Crippen MR) is 89.4 cm³/mol. The van der Waals surface area contributed by atoms with Gasteiger partial charge in [-0.1, -0.05) is 46.3 Å². The smallest absolute Gasteiger partial charge is 0.105 e. The van der Waals surface area contributed by atoms with Crippen molar-refractivity contribution in [3.63, 3.8) is 0 Å². The number of hydrogen-bond acceptors (Lipinski definition) is 2. The predicted octanol–water partition coefficient (Wildman–Crippen LogP) is 4.70. The standard InChI is InChI=1S/C18H16BrNO/c1-11-4-3-5-15(17(11)19)18(21)14-8-9-16-13(10-14)7-6-12(2)20-16/h3-10,18,21H,1-2H3. The molecule has 2 aromatic carbocycles. The number of rotatable bonds is 2. The number of aromatic nitrogens is 1. The average Bonchev–Trinajstić information content (AvgIpc) is 2.49. The second kappa shape index (κ2) is 5.58. The third-order valence-corrected chi connectivity index (χ3v) is 4.77. The number of halogens is 1. The van der Waals surface area contributed by atoms with Gasteiger partial charge < -0.3 is 5.11 Å². The van der Waals surface area contributed by atoms with E-state index in [2.05, 4.69) is 20.9 Å². The van der Waals surface area contributed by atoms with Gasteiger partial charge >= 0.3 is 0 Å². The molecule has 0 saturated carbocycles. The molecule has 3 heteroatoms. The van der Waals surface area contributed by atoms with Crippen LogP contribution < -0.4 is 0 Å². The Balaban J connectivity index is 2.07. The van der Waals surface area contributed by atoms with Crippen molar-refractivity contribution < 1.29 is 5.11 Å². The molecule has 0 radical (unpaired) electrons. The molecule has 0 saturated heterocycles. The molecule has 1 aromatic heterocycles. The molecule has 1 atom stereocenters. The van der Waals surface area contributed by atoms with E-state index in [9.17, 15) is 5.11 Å². The van der Waals surface area contributed by atoms with Crippen molar-refractivity contribution in [3.8, 4) is 0 Å². The molecule has 2 nitrogen and oxygen atoms in total. The van der Waals surface area contributed by atoms with E-state index in [-0.39, 0.29) is 0 Å². The van der Waals surface area contributed by atoms with Crippen LogP contribution in [0.1, 0.15) is 28.5 Å². The zero-order valence-corrected chi connectivity index (χ0v) is 13.6. The maximum absolute atomic E-state index is 10.7. The summed E-state index contributed by atoms with van der Waals surface area (Å²) in [4.78, 5) is 4.49. The van der Waals surface area contributed by atoms with Crippen LogP contribution in [0.5, 0.6) is 0 Å². The number of hydrogen-bond donors (Lipinski definition) is 1. The van der Waals surface area contributed by atoms with Gasteiger partial charge in [0.1, 0.15) is 6.10 Å². The highest BCUT2D eigenvalue weighted by molar-refractivity contribution is 9.10. The van der Waals surface area contributed by atoms with E-state index in [1.165, 1.54) is 0 Å². The minimum absolute atomic E-state index is 0.648. The highest BCUT2D eigenvalue weighted by atomic mass is 79.9. The van der Waals surface area contributed by atoms with Crippen LogP contribution in [0.25, 0.3) is 10.9 Å². The van der Waals surface area contributed by atoms with E-state index >= 15 is 0 Å². The molecular weight excluding hydrogens is 326 g/mol. The summed E-state index contributed by atoms with van der Waals surface area (Å²) < 4.78 is 0.958. The zero-order chi connectivity index (χ0) is 15.0. The molecule has 1 unspecified atom stereocenters. The average molecular weight is 342 g/mol. The Kier molecular flexibility index (Phi) is 3.79. The summed E-state index contributed by atoms with van der Waals surface area (Å²) in [5.74, 6) is 0. The Bertz CT molecular complexity index is 813. The van der Waals surface area contributed by atoms with Gasteiger partial charge in [0, 0.05) is 15.6 Å². The molecule has 21 heavy (non-hydrogen) atoms. The molecule has 0 spiro atoms. The lowest BCUT2D eigenvalue weighted by atomic mass is 9.98. The third kappa shape index (κ3) is 2.71. The first-order valence-electron chi connectivity index (χ1n) is 6.86. The summed E-state index contributed by atoms with van der Waals surface area (Å²) in [5, 5.41) is 11.7. The van der Waals surface area contributed by atoms with E-state index in [1.807, 2.05) is 62.4 Å². The van der Waals surface area contributed by atoms with Gasteiger partial charge in [0.2, 0.25) is 0 Å². The first-order chi connectivity index (χ1) is 10.1. The van der Waals surface area contributed by atoms with Gasteiger partial charge in [-0.3, -0.25) is 4.98 Å². The fourth-order valence-electron chi connectivity index (χ4n) is 2.48. The number of benzene rings is 2. The number of aliphatic hydroxyl groups excluding tert-OH is 1. The fraction of sp³-hybridized carbons (Fsp3) is 0.167. The van der Waals surface area contributed by atoms with Gasteiger partial charge in [0.05, 0.1) is 5.52 Å². The minimum atomic E-state index is -0.648. The molecule has 0 amide bonds. The molecule has 3 rings (SSSR count). The lowest BCUT2D eigenvalue weighted by Crippen LogP contribution is -2.01. The van der Waals surface area contributed by atoms with Crippen molar-refractivity contribution in [3.05, 3.63) is 75.4 Å². The van der Waals surface area contributed by atoms with E-state index in [4.69, 9.17) is 0 Å². The van der Waals surface area contributed by atoms with Crippen LogP contribution in [-0.4, -0.2) is 10.1 Å². The summed E-state index contributed by atoms with van der Waals surface area (Å²) in [6.45, 7) is 4.00. The van der Waals surface area contributed by atoms with Crippen molar-refractivity contribution in [2.45, 2.75) is 20.0 Å². The summed E-state index contributed by atoms with van der Waals surface area (Å²) in [6.07, 6.45) is -0.648. The second-order valence-electron chi connectivity index (χ2n) is 5.29. The first kappa shape index (κ1) is 14.2. The molecule has 106 valence electrons. The number of nitrogens with zero attached hydrogens (tertiary/aromatic N) is 1. The van der Waals surface area contributed by atoms with Crippen molar-refractivity contribution in [1.82, 2.24) is 4.98 Å². The van der Waals surface area contributed by atoms with Gasteiger partial charge in [-0.05, 0) is 48.7 Å². The molecule has 0 aliphatic heterocycles. The summed E-state index contributed by atoms with van der Waals surface area (Å²) >= 11 is 3.57. The van der Waals surface area contributed by atoms with Crippen molar-refractivity contribution >= 4 is 26.8 Å². The van der Waals surface area contributed by atoms with Gasteiger partial charge in [-0.15, -0.1) is 0 Å². The maximum atomic E-state index is 10.7. The number of aliphatic hydroxyl groups is 1. The molecule has 0 aliphatic carbocycles. The maximum Gasteiger partial charge on any atom is 0.105 e. The Morgan fingerprint density at radius 1 is 1.05 bits per heavy atom. The van der Waals surface area contributed by atoms with Crippen LogP contribution in [0, 0.1) is 13.8 Å². The second-order valence-corrected chi connectivity index (χ2v) is 6.08. The Morgan fingerprint density at radius 2 is 1.86 bits per heavy atom. The first-order valence-corrected chi connectivity index (χ1v) is 7.66. The lowest BCUT2D eigenvalue weighted by Gasteiger charge is -2.15. The van der Waals surface area contributed by atoms with E-state index in [0.29, 0.717) is 0 Å². The fourth-order valence-corrected chi connectivity index (χ4v) is 2.96. The van der Waals surface area contributed by atoms with E-state index < -0.39 is 6.10 Å². The van der Waals surface area contributed by atoms with Gasteiger partial charge in [-0.2, -0.15) is 0 Å². The normalized spacial score (nSPS) is 12.6. The SMILES string of the molecule is Cc1ccc2cc(C(O)c3cccc(C)c3Br)ccc2n1. The lowest BCUT2D eigenvalue weighted by molar-refractivity contribution is 0.219. The summed E-state index contributed by atoms with van der Waals surface area (Å²) in [6, 6.07) is 15.9. The third-order valence-electron chi connectivity index (χ3n) is 3.68. The van der Waals surface area contributed by atoms with E-state index in [0.717, 1.165) is 37.8 Å². The van der Waals surface area contributed by atoms with Crippen LogP contribution in [0.3, 0.4) is 0 Å². The Morgan fingerprint density at radius 3 is 2.67 bits per heavy atom. The molecule has 0 bridgehead atoms. The topological polar surface area (TPSA) is 33.1 Å². The van der Waals surface area contributed by atoms with Crippen molar-refractivity contribution in [2.75, 3.05) is 0 Å². The van der Waals surface area contributed by atoms with Crippen molar-refractivity contribution in [1.29, 1.82) is 0 Å². The zero-order valence-electron chi connectivity index (χ0n) is 12.0. The van der Waals surface area contributed by atoms with Crippen LogP contribution in [0.4, 0.5) is 0 Å². The van der Waals surface area contributed by atoms with E-state index in [1.54, 1.807) is 0 Å². The number of fused-ring (bicyclic) bond motifs is 1. The van der Waals surface area contributed by atoms with Crippen LogP contribution in [0.15, 0.2) is 53.0 Å². The largest absolute Gasteiger partial charge is 0.384 e. The van der Waals surface area contributed by atoms with Gasteiger partial charge in [-0.25, -0.2) is 0 Å². The number of pyridine rings is 1. The molecule has 0 aliphatic rings. The molecule has 1 heterocycles. The monoisotopic (exact) mass is 341 g/mol. The van der Waals surface area contributed by atoms with Gasteiger partial charge in [0.25, 0.3) is 0 Å². The molecule has 0 fully saturated rings. The summed E-state index contributed by atoms with van der Waals surface area (Å²) in [5.41, 5.74) is 4.82. The highest BCUT2D eigenvalue weighted by Gasteiger charge is 2.15. The van der Waals surface area contributed by atoms with Crippen LogP contribution >= 0.6 is 15.9 Å². The molecule has 3 aromatic rings. The van der Waals surface area contributed by atoms with Crippen molar-refractivity contribution in [2.24, 2.45) is 0 Å². The van der Waals surface area contributed by atoms with Crippen LogP contribution in [0.2, 0.25) is 0 Å². The Labute approximate surface area is 132 Å². The highest BCUT2D eigenvalue weighted by Crippen LogP contribution is 2.31. The minimum Gasteiger partial charge on any atom is -0.384 e. The molecular formula is C18H16BrNO. The number of aryl methyl sites for hydroxylation is 2. The van der Waals surface area contributed by atoms with Crippen LogP contribution in [-0.2, 0) is 0 Å². The Hall–Kier alpha value is -1.71.